The standard InChI is InChI=1S/C13H21FN2O/c1-3-16(4-2)9-6-10-17-15-13-8-5-7-12(14)11-13/h5,7-8,11,15H,3-4,6,9-10H2,1-2H3. The Morgan fingerprint density at radius 1 is 1.29 bits per heavy atom. The Kier molecular flexibility index (Phi) is 6.58. The fourth-order valence-electron chi connectivity index (χ4n) is 1.59. The first-order chi connectivity index (χ1) is 8.26. The Hall–Kier alpha value is -1.13. The fraction of sp³-hybridized carbons (Fsp3) is 0.538. The summed E-state index contributed by atoms with van der Waals surface area (Å²) in [5.74, 6) is -0.262. The lowest BCUT2D eigenvalue weighted by Crippen LogP contribution is -2.25. The van der Waals surface area contributed by atoms with Crippen LogP contribution in [0.2, 0.25) is 0 Å². The van der Waals surface area contributed by atoms with Crippen LogP contribution in [0.3, 0.4) is 0 Å². The third kappa shape index (κ3) is 5.65. The number of halogens is 1. The highest BCUT2D eigenvalue weighted by molar-refractivity contribution is 5.40. The largest absolute Gasteiger partial charge is 0.304 e. The van der Waals surface area contributed by atoms with Crippen LogP contribution in [0.25, 0.3) is 0 Å². The Bertz CT molecular complexity index is 316. The summed E-state index contributed by atoms with van der Waals surface area (Å²) in [6.45, 7) is 8.07. The molecule has 0 heterocycles. The van der Waals surface area contributed by atoms with Crippen molar-refractivity contribution in [1.82, 2.24) is 4.90 Å². The van der Waals surface area contributed by atoms with E-state index < -0.39 is 0 Å². The molecule has 0 saturated carbocycles. The smallest absolute Gasteiger partial charge is 0.125 e. The third-order valence-electron chi connectivity index (χ3n) is 2.63. The molecule has 96 valence electrons. The molecule has 4 heteroatoms. The lowest BCUT2D eigenvalue weighted by Gasteiger charge is -2.17. The summed E-state index contributed by atoms with van der Waals surface area (Å²) in [7, 11) is 0. The fourth-order valence-corrected chi connectivity index (χ4v) is 1.59. The van der Waals surface area contributed by atoms with Gasteiger partial charge in [-0.05, 0) is 37.7 Å². The van der Waals surface area contributed by atoms with E-state index in [0.29, 0.717) is 12.3 Å². The normalized spacial score (nSPS) is 10.8. The molecule has 1 N–H and O–H groups in total. The predicted molar refractivity (Wildman–Crippen MR) is 68.4 cm³/mol. The van der Waals surface area contributed by atoms with Gasteiger partial charge in [-0.2, -0.15) is 0 Å². The second-order valence-electron chi connectivity index (χ2n) is 3.84. The summed E-state index contributed by atoms with van der Waals surface area (Å²) in [6.07, 6.45) is 0.962. The van der Waals surface area contributed by atoms with E-state index in [1.54, 1.807) is 12.1 Å². The minimum Gasteiger partial charge on any atom is -0.304 e. The summed E-state index contributed by atoms with van der Waals surface area (Å²) in [4.78, 5) is 7.61. The van der Waals surface area contributed by atoms with E-state index in [1.165, 1.54) is 12.1 Å². The number of hydrogen-bond donors (Lipinski definition) is 1. The number of nitrogens with zero attached hydrogens (tertiary/aromatic N) is 1. The van der Waals surface area contributed by atoms with Crippen molar-refractivity contribution in [3.05, 3.63) is 30.1 Å². The molecule has 3 nitrogen and oxygen atoms in total. The quantitative estimate of drug-likeness (QED) is 0.558. The molecular weight excluding hydrogens is 219 g/mol. The first-order valence-electron chi connectivity index (χ1n) is 6.12. The van der Waals surface area contributed by atoms with Crippen LogP contribution in [0, 0.1) is 5.82 Å². The van der Waals surface area contributed by atoms with Gasteiger partial charge in [-0.3, -0.25) is 10.3 Å². The molecule has 0 aliphatic heterocycles. The Labute approximate surface area is 103 Å². The monoisotopic (exact) mass is 240 g/mol. The molecule has 0 spiro atoms. The number of benzene rings is 1. The zero-order valence-electron chi connectivity index (χ0n) is 10.6. The van der Waals surface area contributed by atoms with Crippen LogP contribution >= 0.6 is 0 Å². The average molecular weight is 240 g/mol. The zero-order chi connectivity index (χ0) is 12.5. The molecule has 0 bridgehead atoms. The average Bonchev–Trinajstić information content (AvgIpc) is 2.34. The van der Waals surface area contributed by atoms with Crippen molar-refractivity contribution >= 4 is 5.69 Å². The maximum absolute atomic E-state index is 12.8. The van der Waals surface area contributed by atoms with E-state index in [-0.39, 0.29) is 5.82 Å². The van der Waals surface area contributed by atoms with Gasteiger partial charge >= 0.3 is 0 Å². The maximum atomic E-state index is 12.8. The van der Waals surface area contributed by atoms with Gasteiger partial charge in [-0.1, -0.05) is 19.9 Å². The summed E-state index contributed by atoms with van der Waals surface area (Å²) in [5, 5.41) is 0. The third-order valence-corrected chi connectivity index (χ3v) is 2.63. The Morgan fingerprint density at radius 3 is 2.71 bits per heavy atom. The lowest BCUT2D eigenvalue weighted by molar-refractivity contribution is 0.172. The van der Waals surface area contributed by atoms with Crippen molar-refractivity contribution in [2.75, 3.05) is 31.7 Å². The van der Waals surface area contributed by atoms with Crippen LogP contribution in [0.15, 0.2) is 24.3 Å². The molecule has 1 rings (SSSR count). The molecule has 0 radical (unpaired) electrons. The Morgan fingerprint density at radius 2 is 2.06 bits per heavy atom. The number of rotatable bonds is 8. The van der Waals surface area contributed by atoms with Gasteiger partial charge in [0.15, 0.2) is 0 Å². The van der Waals surface area contributed by atoms with Crippen LogP contribution in [0.1, 0.15) is 20.3 Å². The van der Waals surface area contributed by atoms with Gasteiger partial charge in [0, 0.05) is 6.54 Å². The van der Waals surface area contributed by atoms with Gasteiger partial charge in [0.25, 0.3) is 0 Å². The number of hydrogen-bond acceptors (Lipinski definition) is 3. The highest BCUT2D eigenvalue weighted by Crippen LogP contribution is 2.08. The molecule has 17 heavy (non-hydrogen) atoms. The van der Waals surface area contributed by atoms with Gasteiger partial charge in [0.1, 0.15) is 5.82 Å². The van der Waals surface area contributed by atoms with E-state index in [9.17, 15) is 4.39 Å². The van der Waals surface area contributed by atoms with Gasteiger partial charge in [0.2, 0.25) is 0 Å². The molecular formula is C13H21FN2O. The second-order valence-corrected chi connectivity index (χ2v) is 3.84. The molecule has 0 aromatic heterocycles. The van der Waals surface area contributed by atoms with Gasteiger partial charge in [-0.25, -0.2) is 4.39 Å². The van der Waals surface area contributed by atoms with Crippen LogP contribution in [-0.4, -0.2) is 31.1 Å². The SMILES string of the molecule is CCN(CC)CCCONc1cccc(F)c1. The molecule has 0 aliphatic rings. The molecule has 0 atom stereocenters. The van der Waals surface area contributed by atoms with E-state index in [2.05, 4.69) is 24.2 Å². The highest BCUT2D eigenvalue weighted by atomic mass is 19.1. The summed E-state index contributed by atoms with van der Waals surface area (Å²) in [5.41, 5.74) is 3.38. The van der Waals surface area contributed by atoms with Crippen LogP contribution in [0.5, 0.6) is 0 Å². The molecule has 0 unspecified atom stereocenters. The molecule has 1 aromatic carbocycles. The molecule has 0 fully saturated rings. The summed E-state index contributed by atoms with van der Waals surface area (Å²) < 4.78 is 12.8. The molecule has 0 aliphatic carbocycles. The van der Waals surface area contributed by atoms with Crippen molar-refractivity contribution in [2.24, 2.45) is 0 Å². The predicted octanol–water partition coefficient (Wildman–Crippen LogP) is 2.90. The number of nitrogens with one attached hydrogen (secondary N) is 1. The molecule has 0 saturated heterocycles. The Balaban J connectivity index is 2.12. The number of anilines is 1. The van der Waals surface area contributed by atoms with Crippen molar-refractivity contribution in [3.8, 4) is 0 Å². The molecule has 1 aromatic rings. The van der Waals surface area contributed by atoms with Crippen LogP contribution < -0.4 is 5.48 Å². The van der Waals surface area contributed by atoms with Crippen molar-refractivity contribution in [2.45, 2.75) is 20.3 Å². The van der Waals surface area contributed by atoms with E-state index in [4.69, 9.17) is 4.84 Å². The second kappa shape index (κ2) is 8.03. The first kappa shape index (κ1) is 13.9. The summed E-state index contributed by atoms with van der Waals surface area (Å²) in [6, 6.07) is 6.24. The lowest BCUT2D eigenvalue weighted by atomic mass is 10.3. The minimum atomic E-state index is -0.262. The van der Waals surface area contributed by atoms with Crippen LogP contribution in [-0.2, 0) is 4.84 Å². The first-order valence-corrected chi connectivity index (χ1v) is 6.12. The van der Waals surface area contributed by atoms with Gasteiger partial charge in [-0.15, -0.1) is 0 Å². The van der Waals surface area contributed by atoms with Gasteiger partial charge in [0.05, 0.1) is 12.3 Å². The summed E-state index contributed by atoms with van der Waals surface area (Å²) >= 11 is 0. The van der Waals surface area contributed by atoms with Crippen molar-refractivity contribution in [1.29, 1.82) is 0 Å². The zero-order valence-corrected chi connectivity index (χ0v) is 10.6. The molecule has 0 amide bonds. The van der Waals surface area contributed by atoms with E-state index in [0.717, 1.165) is 26.1 Å². The maximum Gasteiger partial charge on any atom is 0.125 e. The topological polar surface area (TPSA) is 24.5 Å². The van der Waals surface area contributed by atoms with E-state index in [1.807, 2.05) is 0 Å². The highest BCUT2D eigenvalue weighted by Gasteiger charge is 1.98. The van der Waals surface area contributed by atoms with Crippen molar-refractivity contribution in [3.63, 3.8) is 0 Å². The minimum absolute atomic E-state index is 0.262. The van der Waals surface area contributed by atoms with E-state index >= 15 is 0 Å². The van der Waals surface area contributed by atoms with Crippen LogP contribution in [0.4, 0.5) is 10.1 Å². The van der Waals surface area contributed by atoms with Crippen molar-refractivity contribution < 1.29 is 9.23 Å². The van der Waals surface area contributed by atoms with Gasteiger partial charge < -0.3 is 4.90 Å².